The van der Waals surface area contributed by atoms with Crippen molar-refractivity contribution in [1.29, 1.82) is 0 Å². The lowest BCUT2D eigenvalue weighted by atomic mass is 9.78. The molecular weight excluding hydrogens is 478 g/mol. The quantitative estimate of drug-likeness (QED) is 0.374. The number of nitrogens with one attached hydrogen (secondary N) is 1. The zero-order valence-electron chi connectivity index (χ0n) is 18.9. The van der Waals surface area contributed by atoms with Crippen LogP contribution >= 0.6 is 34.9 Å². The Morgan fingerprint density at radius 3 is 2.33 bits per heavy atom. The average Bonchev–Trinajstić information content (AvgIpc) is 3.53. The van der Waals surface area contributed by atoms with Crippen LogP contribution < -0.4 is 5.32 Å². The van der Waals surface area contributed by atoms with Crippen LogP contribution in [0, 0.1) is 12.3 Å². The third-order valence-corrected chi connectivity index (χ3v) is 9.19. The monoisotopic (exact) mass is 505 g/mol. The van der Waals surface area contributed by atoms with Gasteiger partial charge in [-0.25, -0.2) is 4.79 Å². The number of esters is 1. The minimum atomic E-state index is -0.366. The number of methoxy groups -OCH3 is 1. The Bertz CT molecular complexity index is 1100. The second-order valence-electron chi connectivity index (χ2n) is 8.73. The van der Waals surface area contributed by atoms with Crippen LogP contribution in [0.2, 0.25) is 0 Å². The molecule has 7 nitrogen and oxygen atoms in total. The van der Waals surface area contributed by atoms with Crippen molar-refractivity contribution in [3.63, 3.8) is 0 Å². The molecule has 176 valence electrons. The molecule has 2 aliphatic rings. The molecular formula is C23H27N3O4S3. The van der Waals surface area contributed by atoms with Gasteiger partial charge in [-0.1, -0.05) is 0 Å². The van der Waals surface area contributed by atoms with Crippen molar-refractivity contribution in [3.8, 4) is 0 Å². The Kier molecular flexibility index (Phi) is 6.88. The molecule has 0 aliphatic carbocycles. The summed E-state index contributed by atoms with van der Waals surface area (Å²) in [7, 11) is 1.38. The summed E-state index contributed by atoms with van der Waals surface area (Å²) in [5, 5.41) is 5.81. The number of likely N-dealkylation sites (tertiary alicyclic amines) is 2. The van der Waals surface area contributed by atoms with Crippen molar-refractivity contribution < 1.29 is 19.1 Å². The summed E-state index contributed by atoms with van der Waals surface area (Å²) in [4.78, 5) is 42.3. The molecule has 2 aliphatic heterocycles. The maximum absolute atomic E-state index is 12.9. The van der Waals surface area contributed by atoms with E-state index in [4.69, 9.17) is 17.0 Å². The summed E-state index contributed by atoms with van der Waals surface area (Å²) in [5.74, 6) is -0.365. The number of carbonyl (C=O) groups excluding carboxylic acids is 3. The molecule has 2 aromatic heterocycles. The van der Waals surface area contributed by atoms with Crippen molar-refractivity contribution in [3.05, 3.63) is 37.7 Å². The number of aryl methyl sites for hydroxylation is 1. The number of hydrogen-bond acceptors (Lipinski definition) is 7. The van der Waals surface area contributed by atoms with E-state index in [9.17, 15) is 14.4 Å². The second-order valence-corrected chi connectivity index (χ2v) is 11.1. The fraction of sp³-hybridized carbons (Fsp3) is 0.478. The molecule has 4 rings (SSSR count). The van der Waals surface area contributed by atoms with Crippen molar-refractivity contribution >= 4 is 63.4 Å². The molecule has 0 atom stereocenters. The first-order valence-electron chi connectivity index (χ1n) is 10.9. The Hall–Kier alpha value is -2.30. The molecule has 1 amide bonds. The van der Waals surface area contributed by atoms with Crippen molar-refractivity contribution in [1.82, 2.24) is 9.80 Å². The minimum absolute atomic E-state index is 0.0105. The van der Waals surface area contributed by atoms with Crippen LogP contribution in [0.5, 0.6) is 0 Å². The number of piperidine rings is 1. The number of thiocarbonyl (C=S) groups is 1. The van der Waals surface area contributed by atoms with E-state index < -0.39 is 0 Å². The van der Waals surface area contributed by atoms with Crippen LogP contribution in [0.3, 0.4) is 0 Å². The zero-order chi connectivity index (χ0) is 23.8. The van der Waals surface area contributed by atoms with Crippen molar-refractivity contribution in [2.24, 2.45) is 5.41 Å². The normalized spacial score (nSPS) is 17.3. The second kappa shape index (κ2) is 9.52. The van der Waals surface area contributed by atoms with Gasteiger partial charge < -0.3 is 19.9 Å². The largest absolute Gasteiger partial charge is 0.465 e. The first-order chi connectivity index (χ1) is 15.7. The third-order valence-electron chi connectivity index (χ3n) is 6.58. The molecule has 33 heavy (non-hydrogen) atoms. The maximum atomic E-state index is 12.9. The van der Waals surface area contributed by atoms with E-state index >= 15 is 0 Å². The number of rotatable bonds is 4. The van der Waals surface area contributed by atoms with Gasteiger partial charge in [0.05, 0.1) is 22.6 Å². The maximum Gasteiger partial charge on any atom is 0.350 e. The highest BCUT2D eigenvalue weighted by molar-refractivity contribution is 7.80. The summed E-state index contributed by atoms with van der Waals surface area (Å²) in [5.41, 5.74) is 1.82. The van der Waals surface area contributed by atoms with Crippen LogP contribution in [0.4, 0.5) is 5.69 Å². The fourth-order valence-electron chi connectivity index (χ4n) is 4.53. The molecule has 10 heteroatoms. The van der Waals surface area contributed by atoms with Crippen molar-refractivity contribution in [2.75, 3.05) is 38.6 Å². The summed E-state index contributed by atoms with van der Waals surface area (Å²) in [6.07, 6.45) is 2.87. The van der Waals surface area contributed by atoms with E-state index in [-0.39, 0.29) is 23.1 Å². The number of ether oxygens (including phenoxy) is 1. The Morgan fingerprint density at radius 2 is 1.73 bits per heavy atom. The summed E-state index contributed by atoms with van der Waals surface area (Å²) < 4.78 is 4.89. The molecule has 0 unspecified atom stereocenters. The van der Waals surface area contributed by atoms with Crippen LogP contribution in [0.15, 0.2) is 17.5 Å². The molecule has 0 bridgehead atoms. The smallest absolute Gasteiger partial charge is 0.350 e. The van der Waals surface area contributed by atoms with Gasteiger partial charge in [0, 0.05) is 26.2 Å². The molecule has 1 N–H and O–H groups in total. The Labute approximate surface area is 206 Å². The van der Waals surface area contributed by atoms with Gasteiger partial charge in [-0.2, -0.15) is 0 Å². The van der Waals surface area contributed by atoms with Gasteiger partial charge in [0.15, 0.2) is 10.9 Å². The van der Waals surface area contributed by atoms with Gasteiger partial charge in [0.1, 0.15) is 4.88 Å². The molecule has 2 fully saturated rings. The van der Waals surface area contributed by atoms with Gasteiger partial charge in [-0.05, 0) is 73.8 Å². The van der Waals surface area contributed by atoms with E-state index in [0.29, 0.717) is 32.8 Å². The number of ketones is 1. The number of amides is 1. The number of nitrogens with zero attached hydrogens (tertiary/aromatic N) is 2. The Morgan fingerprint density at radius 1 is 1.09 bits per heavy atom. The molecule has 2 saturated heterocycles. The molecule has 1 spiro atoms. The summed E-state index contributed by atoms with van der Waals surface area (Å²) in [6.45, 7) is 6.56. The highest BCUT2D eigenvalue weighted by Crippen LogP contribution is 2.41. The summed E-state index contributed by atoms with van der Waals surface area (Å²) in [6, 6.07) is 3.49. The molecule has 2 aromatic rings. The first kappa shape index (κ1) is 23.8. The van der Waals surface area contributed by atoms with Gasteiger partial charge in [-0.15, -0.1) is 22.7 Å². The lowest BCUT2D eigenvalue weighted by Crippen LogP contribution is -2.44. The summed E-state index contributed by atoms with van der Waals surface area (Å²) >= 11 is 8.31. The van der Waals surface area contributed by atoms with Gasteiger partial charge >= 0.3 is 5.97 Å². The minimum Gasteiger partial charge on any atom is -0.465 e. The number of carbonyl (C=O) groups is 3. The fourth-order valence-corrected chi connectivity index (χ4v) is 6.58. The van der Waals surface area contributed by atoms with E-state index in [1.807, 2.05) is 17.2 Å². The molecule has 0 saturated carbocycles. The highest BCUT2D eigenvalue weighted by atomic mass is 32.1. The van der Waals surface area contributed by atoms with Crippen molar-refractivity contribution in [2.45, 2.75) is 33.1 Å². The predicted molar refractivity (Wildman–Crippen MR) is 135 cm³/mol. The Balaban J connectivity index is 1.35. The average molecular weight is 506 g/mol. The first-order valence-corrected chi connectivity index (χ1v) is 13.0. The number of thiophene rings is 2. The molecule has 0 aromatic carbocycles. The third kappa shape index (κ3) is 4.83. The van der Waals surface area contributed by atoms with E-state index in [1.54, 1.807) is 12.1 Å². The molecule has 4 heterocycles. The number of hydrogen-bond donors (Lipinski definition) is 1. The van der Waals surface area contributed by atoms with Gasteiger partial charge in [-0.3, -0.25) is 9.59 Å². The van der Waals surface area contributed by atoms with Gasteiger partial charge in [0.25, 0.3) is 5.91 Å². The topological polar surface area (TPSA) is 79.0 Å². The lowest BCUT2D eigenvalue weighted by molar-refractivity contribution is 0.0596. The standard InChI is InChI=1S/C23H27N3O4S3/c1-14-12-32-19(21(29)30-3)18(14)24-22(31)26-11-8-23(13-26)6-9-25(10-7-23)20(28)17-5-4-16(33-17)15(2)27/h4-5,12H,6-11,13H2,1-3H3,(H,24,31). The number of anilines is 1. The number of Topliss-reactive ketones (excluding diaryl/α,β-unsaturated/α-hetero) is 1. The highest BCUT2D eigenvalue weighted by Gasteiger charge is 2.42. The molecule has 0 radical (unpaired) electrons. The van der Waals surface area contributed by atoms with Crippen LogP contribution in [-0.2, 0) is 4.74 Å². The van der Waals surface area contributed by atoms with Gasteiger partial charge in [0.2, 0.25) is 0 Å². The van der Waals surface area contributed by atoms with Crippen LogP contribution in [-0.4, -0.2) is 65.9 Å². The van der Waals surface area contributed by atoms with Crippen LogP contribution in [0.1, 0.15) is 60.8 Å². The van der Waals surface area contributed by atoms with E-state index in [2.05, 4.69) is 10.2 Å². The van der Waals surface area contributed by atoms with E-state index in [1.165, 1.54) is 36.7 Å². The van der Waals surface area contributed by atoms with E-state index in [0.717, 1.165) is 43.6 Å². The SMILES string of the molecule is COC(=O)c1scc(C)c1NC(=S)N1CCC2(CCN(C(=O)c3ccc(C(C)=O)s3)CC2)C1. The lowest BCUT2D eigenvalue weighted by Gasteiger charge is -2.39. The van der Waals surface area contributed by atoms with Crippen LogP contribution in [0.25, 0.3) is 0 Å². The predicted octanol–water partition coefficient (Wildman–Crippen LogP) is 4.43. The zero-order valence-corrected chi connectivity index (χ0v) is 21.4.